The van der Waals surface area contributed by atoms with Gasteiger partial charge in [-0.2, -0.15) is 0 Å². The fourth-order valence-electron chi connectivity index (χ4n) is 2.07. The Hall–Kier alpha value is -1.02. The lowest BCUT2D eigenvalue weighted by molar-refractivity contribution is 0.0486. The standard InChI is InChI=1S/C15H24O2/c1-4-5-6-10-15(2,16)12-13-8-7-9-14(11-13)17-3/h7-9,11,16H,4-6,10,12H2,1-3H3. The first-order valence-corrected chi connectivity index (χ1v) is 6.43. The van der Waals surface area contributed by atoms with Crippen molar-refractivity contribution in [3.8, 4) is 5.75 Å². The van der Waals surface area contributed by atoms with Gasteiger partial charge in [-0.3, -0.25) is 0 Å². The third-order valence-electron chi connectivity index (χ3n) is 3.04. The maximum absolute atomic E-state index is 10.3. The monoisotopic (exact) mass is 236 g/mol. The van der Waals surface area contributed by atoms with E-state index < -0.39 is 5.60 Å². The van der Waals surface area contributed by atoms with Gasteiger partial charge in [0.2, 0.25) is 0 Å². The van der Waals surface area contributed by atoms with Crippen molar-refractivity contribution in [1.29, 1.82) is 0 Å². The van der Waals surface area contributed by atoms with Crippen LogP contribution in [0.25, 0.3) is 0 Å². The van der Waals surface area contributed by atoms with Crippen molar-refractivity contribution >= 4 is 0 Å². The minimum Gasteiger partial charge on any atom is -0.497 e. The van der Waals surface area contributed by atoms with Crippen molar-refractivity contribution in [3.63, 3.8) is 0 Å². The first kappa shape index (κ1) is 14.0. The second-order valence-corrected chi connectivity index (χ2v) is 4.98. The topological polar surface area (TPSA) is 29.5 Å². The highest BCUT2D eigenvalue weighted by atomic mass is 16.5. The molecule has 96 valence electrons. The summed E-state index contributed by atoms with van der Waals surface area (Å²) in [5.74, 6) is 0.854. The van der Waals surface area contributed by atoms with Crippen molar-refractivity contribution in [3.05, 3.63) is 29.8 Å². The molecule has 0 fully saturated rings. The summed E-state index contributed by atoms with van der Waals surface area (Å²) in [5.41, 5.74) is 0.521. The highest BCUT2D eigenvalue weighted by molar-refractivity contribution is 5.29. The van der Waals surface area contributed by atoms with Crippen molar-refractivity contribution in [2.75, 3.05) is 7.11 Å². The van der Waals surface area contributed by atoms with Crippen LogP contribution in [-0.4, -0.2) is 17.8 Å². The third kappa shape index (κ3) is 5.22. The normalized spacial score (nSPS) is 14.4. The van der Waals surface area contributed by atoms with Crippen LogP contribution in [0.15, 0.2) is 24.3 Å². The Labute approximate surface area is 105 Å². The molecule has 0 saturated carbocycles. The predicted molar refractivity (Wildman–Crippen MR) is 71.5 cm³/mol. The number of methoxy groups -OCH3 is 1. The van der Waals surface area contributed by atoms with Gasteiger partial charge in [-0.25, -0.2) is 0 Å². The Morgan fingerprint density at radius 1 is 1.29 bits per heavy atom. The van der Waals surface area contributed by atoms with Gasteiger partial charge in [-0.05, 0) is 31.0 Å². The van der Waals surface area contributed by atoms with E-state index in [1.165, 1.54) is 12.8 Å². The summed E-state index contributed by atoms with van der Waals surface area (Å²) >= 11 is 0. The summed E-state index contributed by atoms with van der Waals surface area (Å²) < 4.78 is 5.19. The van der Waals surface area contributed by atoms with Crippen molar-refractivity contribution in [1.82, 2.24) is 0 Å². The van der Waals surface area contributed by atoms with Gasteiger partial charge >= 0.3 is 0 Å². The van der Waals surface area contributed by atoms with E-state index in [1.54, 1.807) is 7.11 Å². The first-order chi connectivity index (χ1) is 8.07. The van der Waals surface area contributed by atoms with Crippen LogP contribution in [-0.2, 0) is 6.42 Å². The highest BCUT2D eigenvalue weighted by Crippen LogP contribution is 2.22. The Morgan fingerprint density at radius 2 is 2.06 bits per heavy atom. The maximum atomic E-state index is 10.3. The minimum absolute atomic E-state index is 0.610. The molecule has 0 aliphatic carbocycles. The molecule has 1 atom stereocenters. The number of hydrogen-bond acceptors (Lipinski definition) is 2. The lowest BCUT2D eigenvalue weighted by Crippen LogP contribution is -2.27. The minimum atomic E-state index is -0.610. The predicted octanol–water partition coefficient (Wildman–Crippen LogP) is 3.57. The SMILES string of the molecule is CCCCCC(C)(O)Cc1cccc(OC)c1. The molecule has 1 rings (SSSR count). The van der Waals surface area contributed by atoms with Crippen molar-refractivity contribution in [2.45, 2.75) is 51.6 Å². The van der Waals surface area contributed by atoms with Gasteiger partial charge < -0.3 is 9.84 Å². The molecule has 0 aliphatic heterocycles. The molecule has 0 aliphatic rings. The van der Waals surface area contributed by atoms with Gasteiger partial charge in [-0.15, -0.1) is 0 Å². The van der Waals surface area contributed by atoms with Crippen LogP contribution in [0.2, 0.25) is 0 Å². The molecule has 0 saturated heterocycles. The quantitative estimate of drug-likeness (QED) is 0.733. The second-order valence-electron chi connectivity index (χ2n) is 4.98. The van der Waals surface area contributed by atoms with Gasteiger partial charge in [0.25, 0.3) is 0 Å². The molecule has 0 aromatic heterocycles. The van der Waals surface area contributed by atoms with E-state index in [4.69, 9.17) is 4.74 Å². The highest BCUT2D eigenvalue weighted by Gasteiger charge is 2.20. The molecule has 0 heterocycles. The molecule has 2 heteroatoms. The third-order valence-corrected chi connectivity index (χ3v) is 3.04. The average molecular weight is 236 g/mol. The molecule has 17 heavy (non-hydrogen) atoms. The smallest absolute Gasteiger partial charge is 0.119 e. The number of unbranched alkanes of at least 4 members (excludes halogenated alkanes) is 2. The summed E-state index contributed by atoms with van der Waals surface area (Å²) in [4.78, 5) is 0. The zero-order chi connectivity index (χ0) is 12.7. The molecule has 0 radical (unpaired) electrons. The van der Waals surface area contributed by atoms with Crippen LogP contribution < -0.4 is 4.74 Å². The average Bonchev–Trinajstić information content (AvgIpc) is 2.29. The molecule has 0 spiro atoms. The zero-order valence-electron chi connectivity index (χ0n) is 11.2. The molecule has 2 nitrogen and oxygen atoms in total. The summed E-state index contributed by atoms with van der Waals surface area (Å²) in [6, 6.07) is 7.93. The molecule has 1 unspecified atom stereocenters. The van der Waals surface area contributed by atoms with Crippen molar-refractivity contribution < 1.29 is 9.84 Å². The fraction of sp³-hybridized carbons (Fsp3) is 0.600. The van der Waals surface area contributed by atoms with E-state index in [9.17, 15) is 5.11 Å². The van der Waals surface area contributed by atoms with Crippen LogP contribution in [0.3, 0.4) is 0 Å². The van der Waals surface area contributed by atoms with E-state index in [0.717, 1.165) is 24.2 Å². The second kappa shape index (κ2) is 6.65. The molecular weight excluding hydrogens is 212 g/mol. The van der Waals surface area contributed by atoms with Crippen LogP contribution in [0, 0.1) is 0 Å². The lowest BCUT2D eigenvalue weighted by atomic mass is 9.91. The number of hydrogen-bond donors (Lipinski definition) is 1. The summed E-state index contributed by atoms with van der Waals surface area (Å²) in [7, 11) is 1.67. The van der Waals surface area contributed by atoms with Crippen LogP contribution in [0.4, 0.5) is 0 Å². The summed E-state index contributed by atoms with van der Waals surface area (Å²) in [5, 5.41) is 10.3. The zero-order valence-corrected chi connectivity index (χ0v) is 11.2. The van der Waals surface area contributed by atoms with E-state index in [-0.39, 0.29) is 0 Å². The van der Waals surface area contributed by atoms with Gasteiger partial charge in [0.05, 0.1) is 12.7 Å². The van der Waals surface area contributed by atoms with E-state index >= 15 is 0 Å². The van der Waals surface area contributed by atoms with E-state index in [1.807, 2.05) is 31.2 Å². The van der Waals surface area contributed by atoms with E-state index in [0.29, 0.717) is 6.42 Å². The Morgan fingerprint density at radius 3 is 2.71 bits per heavy atom. The lowest BCUT2D eigenvalue weighted by Gasteiger charge is -2.23. The van der Waals surface area contributed by atoms with Crippen molar-refractivity contribution in [2.24, 2.45) is 0 Å². The fourth-order valence-corrected chi connectivity index (χ4v) is 2.07. The molecule has 0 bridgehead atoms. The Balaban J connectivity index is 2.55. The summed E-state index contributed by atoms with van der Waals surface area (Å²) in [6.45, 7) is 4.10. The van der Waals surface area contributed by atoms with Crippen LogP contribution >= 0.6 is 0 Å². The number of aliphatic hydroxyl groups is 1. The Kier molecular flexibility index (Phi) is 5.49. The molecule has 1 N–H and O–H groups in total. The molecule has 0 amide bonds. The van der Waals surface area contributed by atoms with Gasteiger partial charge in [0, 0.05) is 6.42 Å². The number of rotatable bonds is 7. The van der Waals surface area contributed by atoms with Gasteiger partial charge in [0.1, 0.15) is 5.75 Å². The van der Waals surface area contributed by atoms with E-state index in [2.05, 4.69) is 6.92 Å². The van der Waals surface area contributed by atoms with Gasteiger partial charge in [0.15, 0.2) is 0 Å². The Bertz CT molecular complexity index is 331. The van der Waals surface area contributed by atoms with Crippen LogP contribution in [0.1, 0.15) is 45.1 Å². The number of ether oxygens (including phenoxy) is 1. The van der Waals surface area contributed by atoms with Crippen LogP contribution in [0.5, 0.6) is 5.75 Å². The van der Waals surface area contributed by atoms with Gasteiger partial charge in [-0.1, -0.05) is 38.3 Å². The molecule has 1 aromatic carbocycles. The maximum Gasteiger partial charge on any atom is 0.119 e. The first-order valence-electron chi connectivity index (χ1n) is 6.43. The number of benzene rings is 1. The molecular formula is C15H24O2. The molecule has 1 aromatic rings. The summed E-state index contributed by atoms with van der Waals surface area (Å²) in [6.07, 6.45) is 5.02. The largest absolute Gasteiger partial charge is 0.497 e.